The fraction of sp³-hybridized carbons (Fsp3) is 0.729. The summed E-state index contributed by atoms with van der Waals surface area (Å²) in [6.07, 6.45) is 5.52. The molecule has 2 N–H and O–H groups in total. The van der Waals surface area contributed by atoms with E-state index in [4.69, 9.17) is 4.74 Å². The highest BCUT2D eigenvalue weighted by Gasteiger charge is 2.71. The summed E-state index contributed by atoms with van der Waals surface area (Å²) in [5.74, 6) is -1.49. The van der Waals surface area contributed by atoms with E-state index < -0.39 is 34.8 Å². The monoisotopic (exact) mass is 803 g/mol. The summed E-state index contributed by atoms with van der Waals surface area (Å²) in [7, 11) is 3.56. The molecule has 1 aromatic carbocycles. The average Bonchev–Trinajstić information content (AvgIpc) is 3.44. The molecule has 0 spiro atoms. The Balaban J connectivity index is 1.31. The highest BCUT2D eigenvalue weighted by Crippen LogP contribution is 2.77. The summed E-state index contributed by atoms with van der Waals surface area (Å²) in [5, 5.41) is 22.2. The summed E-state index contributed by atoms with van der Waals surface area (Å²) in [6.45, 7) is 19.0. The Morgan fingerprint density at radius 3 is 2.14 bits per heavy atom. The smallest absolute Gasteiger partial charge is 0.309 e. The number of carboxylic acid groups (broad SMARTS) is 1. The minimum atomic E-state index is -1.20. The summed E-state index contributed by atoms with van der Waals surface area (Å²) >= 11 is 0. The molecule has 10 nitrogen and oxygen atoms in total. The van der Waals surface area contributed by atoms with Crippen LogP contribution in [-0.2, 0) is 23.9 Å². The van der Waals surface area contributed by atoms with E-state index in [0.717, 1.165) is 56.1 Å². The second kappa shape index (κ2) is 15.3. The third-order valence-electron chi connectivity index (χ3n) is 16.9. The number of carboxylic acids is 1. The highest BCUT2D eigenvalue weighted by atomic mass is 16.5. The van der Waals surface area contributed by atoms with Crippen molar-refractivity contribution in [3.8, 4) is 0 Å². The van der Waals surface area contributed by atoms with Crippen molar-refractivity contribution in [2.75, 3.05) is 27.2 Å². The minimum Gasteiger partial charge on any atom is -0.481 e. The number of carbonyl (C=O) groups is 5. The van der Waals surface area contributed by atoms with Crippen molar-refractivity contribution >= 4 is 29.5 Å². The number of hydrogen-bond donors (Lipinski definition) is 2. The van der Waals surface area contributed by atoms with Crippen LogP contribution in [0.1, 0.15) is 137 Å². The maximum atomic E-state index is 14.3. The second-order valence-electron chi connectivity index (χ2n) is 21.5. The number of esters is 1. The Kier molecular flexibility index (Phi) is 11.6. The van der Waals surface area contributed by atoms with Crippen LogP contribution in [0.4, 0.5) is 0 Å². The Hall–Kier alpha value is -3.37. The molecule has 10 heteroatoms. The van der Waals surface area contributed by atoms with Gasteiger partial charge in [-0.1, -0.05) is 72.2 Å². The lowest BCUT2D eigenvalue weighted by Gasteiger charge is -2.72. The zero-order valence-electron chi connectivity index (χ0n) is 37.1. The van der Waals surface area contributed by atoms with Crippen LogP contribution < -0.4 is 0 Å². The standard InChI is InChI=1S/C48H70N2O8/c1-29(2)39-32(51)25-48(35(52)27-50(37(53)28-49(10)11)41(55)30-15-13-12-14-16-30)24-23-46(8)31(40(39)48)17-18-34-45(7)21-20-36(58-38(54)26-43(3,4)42(56)57)44(5,6)33(45)19-22-47(34,46)9/h12-16,29,31,33-36,52H,17-28H2,1-11H3,(H,56,57)/t31-,33+,34-,35+,36+,45+,46-,47-,48+/m1/s1. The third-order valence-corrected chi connectivity index (χ3v) is 16.9. The van der Waals surface area contributed by atoms with E-state index in [-0.39, 0.29) is 77.2 Å². The minimum absolute atomic E-state index is 0.0141. The van der Waals surface area contributed by atoms with Crippen LogP contribution >= 0.6 is 0 Å². The predicted octanol–water partition coefficient (Wildman–Crippen LogP) is 7.97. The predicted molar refractivity (Wildman–Crippen MR) is 222 cm³/mol. The number of aliphatic hydroxyl groups is 1. The summed E-state index contributed by atoms with van der Waals surface area (Å²) < 4.78 is 6.17. The average molecular weight is 803 g/mol. The molecule has 0 unspecified atom stereocenters. The van der Waals surface area contributed by atoms with Gasteiger partial charge in [-0.15, -0.1) is 0 Å². The van der Waals surface area contributed by atoms with Crippen LogP contribution in [0.15, 0.2) is 41.5 Å². The first-order valence-electron chi connectivity index (χ1n) is 21.8. The van der Waals surface area contributed by atoms with Gasteiger partial charge in [-0.2, -0.15) is 0 Å². The van der Waals surface area contributed by atoms with E-state index in [1.54, 1.807) is 57.1 Å². The molecular formula is C48H70N2O8. The molecule has 2 amide bonds. The van der Waals surface area contributed by atoms with Gasteiger partial charge in [0, 0.05) is 22.8 Å². The lowest BCUT2D eigenvalue weighted by Crippen LogP contribution is -2.66. The summed E-state index contributed by atoms with van der Waals surface area (Å²) in [4.78, 5) is 69.9. The van der Waals surface area contributed by atoms with Crippen molar-refractivity contribution in [1.29, 1.82) is 0 Å². The molecule has 0 radical (unpaired) electrons. The lowest BCUT2D eigenvalue weighted by molar-refractivity contribution is -0.235. The van der Waals surface area contributed by atoms with E-state index in [2.05, 4.69) is 48.5 Å². The molecule has 9 atom stereocenters. The quantitative estimate of drug-likeness (QED) is 0.213. The van der Waals surface area contributed by atoms with E-state index in [1.165, 1.54) is 4.90 Å². The number of imide groups is 1. The molecule has 5 aliphatic carbocycles. The molecule has 0 heterocycles. The number of hydrogen-bond acceptors (Lipinski definition) is 8. The van der Waals surface area contributed by atoms with E-state index in [0.29, 0.717) is 23.8 Å². The molecule has 320 valence electrons. The van der Waals surface area contributed by atoms with Crippen LogP contribution in [0.3, 0.4) is 0 Å². The molecule has 0 saturated heterocycles. The van der Waals surface area contributed by atoms with Gasteiger partial charge >= 0.3 is 11.9 Å². The number of allylic oxidation sites excluding steroid dienone is 1. The number of nitrogens with zero attached hydrogens (tertiary/aromatic N) is 2. The Bertz CT molecular complexity index is 1850. The number of carbonyl (C=O) groups excluding carboxylic acids is 4. The Morgan fingerprint density at radius 1 is 0.879 bits per heavy atom. The van der Waals surface area contributed by atoms with Crippen LogP contribution in [0.25, 0.3) is 0 Å². The van der Waals surface area contributed by atoms with Crippen LogP contribution in [0.2, 0.25) is 0 Å². The van der Waals surface area contributed by atoms with E-state index in [1.807, 2.05) is 6.07 Å². The van der Waals surface area contributed by atoms with Gasteiger partial charge in [0.15, 0.2) is 5.78 Å². The Labute approximate surface area is 346 Å². The fourth-order valence-corrected chi connectivity index (χ4v) is 13.7. The van der Waals surface area contributed by atoms with Crippen LogP contribution in [-0.4, -0.2) is 88.9 Å². The number of aliphatic carboxylic acids is 1. The second-order valence-corrected chi connectivity index (χ2v) is 21.5. The molecule has 4 saturated carbocycles. The third kappa shape index (κ3) is 6.99. The largest absolute Gasteiger partial charge is 0.481 e. The fourth-order valence-electron chi connectivity index (χ4n) is 13.7. The molecular weight excluding hydrogens is 733 g/mol. The van der Waals surface area contributed by atoms with Crippen molar-refractivity contribution in [2.45, 2.75) is 139 Å². The van der Waals surface area contributed by atoms with Gasteiger partial charge in [-0.3, -0.25) is 28.9 Å². The number of ether oxygens (including phenoxy) is 1. The van der Waals surface area contributed by atoms with Gasteiger partial charge in [0.2, 0.25) is 5.91 Å². The van der Waals surface area contributed by atoms with Gasteiger partial charge in [-0.05, 0) is 137 Å². The van der Waals surface area contributed by atoms with Gasteiger partial charge in [0.25, 0.3) is 5.91 Å². The lowest BCUT2D eigenvalue weighted by atomic mass is 9.33. The molecule has 6 rings (SSSR count). The van der Waals surface area contributed by atoms with Crippen LogP contribution in [0.5, 0.6) is 0 Å². The van der Waals surface area contributed by atoms with E-state index in [9.17, 15) is 34.2 Å². The maximum Gasteiger partial charge on any atom is 0.309 e. The zero-order chi connectivity index (χ0) is 43.0. The molecule has 58 heavy (non-hydrogen) atoms. The number of rotatable bonds is 11. The van der Waals surface area contributed by atoms with Crippen molar-refractivity contribution in [3.63, 3.8) is 0 Å². The first-order valence-corrected chi connectivity index (χ1v) is 21.8. The zero-order valence-corrected chi connectivity index (χ0v) is 37.1. The van der Waals surface area contributed by atoms with Gasteiger partial charge < -0.3 is 19.8 Å². The maximum absolute atomic E-state index is 14.3. The van der Waals surface area contributed by atoms with Gasteiger partial charge in [0.1, 0.15) is 6.10 Å². The normalized spacial score (nSPS) is 34.8. The number of likely N-dealkylation sites (N-methyl/N-ethyl adjacent to an activating group) is 1. The first-order chi connectivity index (χ1) is 26.9. The number of benzene rings is 1. The van der Waals surface area contributed by atoms with Crippen molar-refractivity contribution in [3.05, 3.63) is 47.0 Å². The molecule has 0 aromatic heterocycles. The number of amides is 2. The molecule has 4 fully saturated rings. The van der Waals surface area contributed by atoms with Crippen molar-refractivity contribution < 1.29 is 38.9 Å². The SMILES string of the molecule is CC(C)C1=C2[C@H]3CC[C@@H]4[C@@]5(C)CC[C@H](OC(=O)CC(C)(C)C(=O)O)C(C)(C)[C@@H]5CC[C@@]4(C)[C@]3(C)CC[C@@]2([C@@H](O)CN(C(=O)CN(C)C)C(=O)c2ccccc2)CC1=O. The number of aliphatic hydroxyl groups excluding tert-OH is 1. The van der Waals surface area contributed by atoms with E-state index >= 15 is 0 Å². The molecule has 1 aromatic rings. The highest BCUT2D eigenvalue weighted by molar-refractivity contribution is 6.05. The van der Waals surface area contributed by atoms with Crippen molar-refractivity contribution in [2.24, 2.45) is 56.2 Å². The molecule has 0 aliphatic heterocycles. The van der Waals surface area contributed by atoms with Gasteiger partial charge in [-0.25, -0.2) is 0 Å². The molecule has 5 aliphatic rings. The number of fused-ring (bicyclic) bond motifs is 7. The van der Waals surface area contributed by atoms with Crippen LogP contribution in [0, 0.1) is 56.2 Å². The molecule has 0 bridgehead atoms. The number of ketones is 1. The first kappa shape index (κ1) is 44.2. The van der Waals surface area contributed by atoms with Gasteiger partial charge in [0.05, 0.1) is 31.0 Å². The summed E-state index contributed by atoms with van der Waals surface area (Å²) in [5.41, 5.74) is -0.310. The Morgan fingerprint density at radius 2 is 1.53 bits per heavy atom. The topological polar surface area (TPSA) is 142 Å². The summed E-state index contributed by atoms with van der Waals surface area (Å²) in [6, 6.07) is 8.73. The van der Waals surface area contributed by atoms with Crippen molar-refractivity contribution in [1.82, 2.24) is 9.80 Å². The number of Topliss-reactive ketones (excluding diaryl/α,β-unsaturated/α-hetero) is 1.